The number of Topliss-reactive ketones (excluding diaryl/α,β-unsaturated/α-hetero) is 1. The van der Waals surface area contributed by atoms with Crippen LogP contribution in [0.5, 0.6) is 0 Å². The molecule has 2 amide bonds. The van der Waals surface area contributed by atoms with E-state index in [-0.39, 0.29) is 29.6 Å². The quantitative estimate of drug-likeness (QED) is 0.400. The molecular formula is C34H37N5O3. The molecule has 0 spiro atoms. The van der Waals surface area contributed by atoms with Crippen LogP contribution in [0.15, 0.2) is 66.9 Å². The number of nitriles is 1. The number of ketones is 1. The normalized spacial score (nSPS) is 16.5. The number of likely N-dealkylation sites (tertiary alicyclic amines) is 2. The molecule has 8 heteroatoms. The van der Waals surface area contributed by atoms with Crippen molar-refractivity contribution >= 4 is 17.6 Å². The summed E-state index contributed by atoms with van der Waals surface area (Å²) in [5, 5.41) is 12.1. The van der Waals surface area contributed by atoms with Crippen molar-refractivity contribution in [1.29, 1.82) is 5.26 Å². The molecule has 5 rings (SSSR count). The van der Waals surface area contributed by atoms with Crippen LogP contribution in [-0.2, 0) is 13.0 Å². The number of nitrogens with one attached hydrogen (secondary N) is 1. The fraction of sp³-hybridized carbons (Fsp3) is 0.382. The number of hydrogen-bond donors (Lipinski definition) is 1. The maximum absolute atomic E-state index is 13.1. The Morgan fingerprint density at radius 3 is 2.10 bits per heavy atom. The molecule has 0 radical (unpaired) electrons. The van der Waals surface area contributed by atoms with Crippen molar-refractivity contribution < 1.29 is 14.4 Å². The highest BCUT2D eigenvalue weighted by molar-refractivity contribution is 5.99. The smallest absolute Gasteiger partial charge is 0.270 e. The number of aromatic nitrogens is 1. The van der Waals surface area contributed by atoms with Crippen LogP contribution in [0.1, 0.15) is 80.5 Å². The molecule has 2 aliphatic heterocycles. The maximum Gasteiger partial charge on any atom is 0.270 e. The number of piperidine rings is 2. The van der Waals surface area contributed by atoms with Gasteiger partial charge in [0.15, 0.2) is 5.78 Å². The summed E-state index contributed by atoms with van der Waals surface area (Å²) in [6.07, 6.45) is 5.39. The number of carbonyl (C=O) groups excluding carboxylic acids is 3. The van der Waals surface area contributed by atoms with Crippen LogP contribution in [0.4, 0.5) is 0 Å². The zero-order chi connectivity index (χ0) is 29.5. The minimum absolute atomic E-state index is 0.0754. The summed E-state index contributed by atoms with van der Waals surface area (Å²) in [4.78, 5) is 47.3. The molecule has 0 saturated carbocycles. The molecule has 3 aromatic rings. The number of nitrogens with zero attached hydrogens (tertiary/aromatic N) is 4. The summed E-state index contributed by atoms with van der Waals surface area (Å²) in [7, 11) is 0. The van der Waals surface area contributed by atoms with Crippen LogP contribution < -0.4 is 5.32 Å². The van der Waals surface area contributed by atoms with Gasteiger partial charge in [0.1, 0.15) is 5.69 Å². The average molecular weight is 564 g/mol. The highest BCUT2D eigenvalue weighted by atomic mass is 16.2. The number of amides is 2. The summed E-state index contributed by atoms with van der Waals surface area (Å²) < 4.78 is 0. The first-order chi connectivity index (χ1) is 20.4. The van der Waals surface area contributed by atoms with Gasteiger partial charge in [0.05, 0.1) is 17.2 Å². The minimum Gasteiger partial charge on any atom is -0.348 e. The van der Waals surface area contributed by atoms with Gasteiger partial charge >= 0.3 is 0 Å². The fourth-order valence-electron chi connectivity index (χ4n) is 5.76. The largest absolute Gasteiger partial charge is 0.348 e. The molecule has 2 aliphatic rings. The molecule has 8 nitrogen and oxygen atoms in total. The second kappa shape index (κ2) is 13.5. The van der Waals surface area contributed by atoms with E-state index in [0.29, 0.717) is 42.8 Å². The molecule has 2 fully saturated rings. The zero-order valence-corrected chi connectivity index (χ0v) is 24.1. The van der Waals surface area contributed by atoms with Crippen molar-refractivity contribution in [1.82, 2.24) is 20.1 Å². The lowest BCUT2D eigenvalue weighted by Crippen LogP contribution is -2.44. The lowest BCUT2D eigenvalue weighted by molar-refractivity contribution is 0.0649. The monoisotopic (exact) mass is 563 g/mol. The van der Waals surface area contributed by atoms with Crippen molar-refractivity contribution in [3.63, 3.8) is 0 Å². The summed E-state index contributed by atoms with van der Waals surface area (Å²) in [6.45, 7) is 5.71. The first-order valence-corrected chi connectivity index (χ1v) is 14.8. The van der Waals surface area contributed by atoms with Gasteiger partial charge in [-0.2, -0.15) is 5.26 Å². The van der Waals surface area contributed by atoms with Crippen molar-refractivity contribution in [2.24, 2.45) is 5.92 Å². The first-order valence-electron chi connectivity index (χ1n) is 14.8. The zero-order valence-electron chi connectivity index (χ0n) is 24.1. The van der Waals surface area contributed by atoms with Crippen LogP contribution in [0, 0.1) is 17.2 Å². The molecule has 42 heavy (non-hydrogen) atoms. The van der Waals surface area contributed by atoms with Gasteiger partial charge in [0, 0.05) is 56.4 Å². The van der Waals surface area contributed by atoms with Gasteiger partial charge in [-0.1, -0.05) is 43.3 Å². The minimum atomic E-state index is -0.231. The Labute approximate surface area is 247 Å². The predicted octanol–water partition coefficient (Wildman–Crippen LogP) is 4.65. The number of rotatable bonds is 8. The topological polar surface area (TPSA) is 106 Å². The van der Waals surface area contributed by atoms with Crippen LogP contribution >= 0.6 is 0 Å². The van der Waals surface area contributed by atoms with Gasteiger partial charge in [-0.25, -0.2) is 0 Å². The van der Waals surface area contributed by atoms with Gasteiger partial charge in [-0.15, -0.1) is 0 Å². The predicted molar refractivity (Wildman–Crippen MR) is 160 cm³/mol. The third kappa shape index (κ3) is 7.10. The van der Waals surface area contributed by atoms with E-state index in [1.807, 2.05) is 48.5 Å². The Morgan fingerprint density at radius 1 is 0.857 bits per heavy atom. The van der Waals surface area contributed by atoms with Gasteiger partial charge < -0.3 is 10.2 Å². The van der Waals surface area contributed by atoms with Gasteiger partial charge in [-0.3, -0.25) is 24.3 Å². The summed E-state index contributed by atoms with van der Waals surface area (Å²) in [5.41, 5.74) is 4.53. The molecule has 0 aliphatic carbocycles. The molecule has 0 atom stereocenters. The van der Waals surface area contributed by atoms with Crippen LogP contribution in [0.25, 0.3) is 0 Å². The van der Waals surface area contributed by atoms with E-state index in [9.17, 15) is 14.4 Å². The Balaban J connectivity index is 1.06. The van der Waals surface area contributed by atoms with Crippen molar-refractivity contribution in [3.8, 4) is 6.07 Å². The highest BCUT2D eigenvalue weighted by Gasteiger charge is 2.29. The lowest BCUT2D eigenvalue weighted by Gasteiger charge is -2.32. The van der Waals surface area contributed by atoms with E-state index in [1.54, 1.807) is 17.0 Å². The third-order valence-electron chi connectivity index (χ3n) is 8.45. The molecule has 3 heterocycles. The SMILES string of the molecule is CCc1ccc(C(=O)C2CCN(C(=O)c3ccc(C(=O)NC4CCN(Cc5ccc(C#N)cc5)CC4)nc3)CC2)cc1. The van der Waals surface area contributed by atoms with Crippen LogP contribution in [-0.4, -0.2) is 64.6 Å². The molecule has 1 aromatic heterocycles. The van der Waals surface area contributed by atoms with Crippen molar-refractivity contribution in [2.45, 2.75) is 51.6 Å². The number of carbonyl (C=O) groups is 3. The van der Waals surface area contributed by atoms with Crippen LogP contribution in [0.3, 0.4) is 0 Å². The summed E-state index contributed by atoms with van der Waals surface area (Å²) >= 11 is 0. The molecule has 0 bridgehead atoms. The standard InChI is InChI=1S/C34H37N5O3/c1-2-24-7-9-27(10-8-24)32(40)28-13-19-39(20-14-28)34(42)29-11-12-31(36-22-29)33(41)37-30-15-17-38(18-16-30)23-26-5-3-25(21-35)4-6-26/h3-12,22,28,30H,2,13-20,23H2,1H3,(H,37,41). The van der Waals surface area contributed by atoms with Gasteiger partial charge in [-0.05, 0) is 67.5 Å². The number of hydrogen-bond acceptors (Lipinski definition) is 6. The molecular weight excluding hydrogens is 526 g/mol. The van der Waals surface area contributed by atoms with Crippen LogP contribution in [0.2, 0.25) is 0 Å². The average Bonchev–Trinajstić information content (AvgIpc) is 3.05. The number of aryl methyl sites for hydroxylation is 1. The van der Waals surface area contributed by atoms with Crippen molar-refractivity contribution in [3.05, 3.63) is 100 Å². The number of pyridine rings is 1. The molecule has 1 N–H and O–H groups in total. The van der Waals surface area contributed by atoms with E-state index in [1.165, 1.54) is 17.3 Å². The van der Waals surface area contributed by atoms with E-state index < -0.39 is 0 Å². The molecule has 216 valence electrons. The van der Waals surface area contributed by atoms with E-state index in [4.69, 9.17) is 5.26 Å². The molecule has 0 unspecified atom stereocenters. The Kier molecular flexibility index (Phi) is 9.40. The Bertz CT molecular complexity index is 1430. The molecule has 2 saturated heterocycles. The van der Waals surface area contributed by atoms with E-state index >= 15 is 0 Å². The summed E-state index contributed by atoms with van der Waals surface area (Å²) in [6, 6.07) is 21.0. The summed E-state index contributed by atoms with van der Waals surface area (Å²) in [5.74, 6) is -0.277. The van der Waals surface area contributed by atoms with Crippen molar-refractivity contribution in [2.75, 3.05) is 26.2 Å². The second-order valence-electron chi connectivity index (χ2n) is 11.2. The maximum atomic E-state index is 13.1. The van der Waals surface area contributed by atoms with E-state index in [2.05, 4.69) is 28.2 Å². The Hall–Kier alpha value is -4.35. The lowest BCUT2D eigenvalue weighted by atomic mass is 9.88. The fourth-order valence-corrected chi connectivity index (χ4v) is 5.76. The van der Waals surface area contributed by atoms with E-state index in [0.717, 1.165) is 44.5 Å². The first kappa shape index (κ1) is 29.2. The molecule has 2 aromatic carbocycles. The van der Waals surface area contributed by atoms with Gasteiger partial charge in [0.25, 0.3) is 11.8 Å². The highest BCUT2D eigenvalue weighted by Crippen LogP contribution is 2.23. The second-order valence-corrected chi connectivity index (χ2v) is 11.2. The Morgan fingerprint density at radius 2 is 1.50 bits per heavy atom. The third-order valence-corrected chi connectivity index (χ3v) is 8.45. The van der Waals surface area contributed by atoms with Gasteiger partial charge in [0.2, 0.25) is 0 Å². The number of benzene rings is 2.